The molecule has 120 valence electrons. The van der Waals surface area contributed by atoms with E-state index in [0.717, 1.165) is 16.7 Å². The Morgan fingerprint density at radius 1 is 1.09 bits per heavy atom. The number of benzene rings is 2. The van der Waals surface area contributed by atoms with E-state index in [1.54, 1.807) is 31.4 Å². The summed E-state index contributed by atoms with van der Waals surface area (Å²) >= 11 is 11.8. The van der Waals surface area contributed by atoms with Gasteiger partial charge in [0.05, 0.1) is 16.7 Å². The molecule has 1 N–H and O–H groups in total. The number of rotatable bonds is 6. The second-order valence-electron chi connectivity index (χ2n) is 4.97. The van der Waals surface area contributed by atoms with Gasteiger partial charge in [0.15, 0.2) is 0 Å². The van der Waals surface area contributed by atoms with Crippen molar-refractivity contribution in [3.8, 4) is 0 Å². The SMILES string of the molecule is COCc1ccc(CNC(=O)/C=C/c2ccc(Cl)c(Cl)c2)cc1. The molecule has 0 aliphatic heterocycles. The third-order valence-electron chi connectivity index (χ3n) is 3.17. The van der Waals surface area contributed by atoms with Gasteiger partial charge < -0.3 is 10.1 Å². The van der Waals surface area contributed by atoms with Gasteiger partial charge in [-0.3, -0.25) is 4.79 Å². The first-order chi connectivity index (χ1) is 11.1. The lowest BCUT2D eigenvalue weighted by Gasteiger charge is -2.04. The van der Waals surface area contributed by atoms with E-state index in [4.69, 9.17) is 27.9 Å². The van der Waals surface area contributed by atoms with Crippen LogP contribution < -0.4 is 5.32 Å². The molecule has 0 fully saturated rings. The van der Waals surface area contributed by atoms with Crippen LogP contribution in [-0.4, -0.2) is 13.0 Å². The number of carbonyl (C=O) groups excluding carboxylic acids is 1. The molecule has 0 saturated heterocycles. The fourth-order valence-corrected chi connectivity index (χ4v) is 2.26. The average molecular weight is 350 g/mol. The van der Waals surface area contributed by atoms with Gasteiger partial charge in [-0.2, -0.15) is 0 Å². The molecule has 3 nitrogen and oxygen atoms in total. The Balaban J connectivity index is 1.86. The molecule has 0 aromatic heterocycles. The highest BCUT2D eigenvalue weighted by molar-refractivity contribution is 6.42. The highest BCUT2D eigenvalue weighted by atomic mass is 35.5. The summed E-state index contributed by atoms with van der Waals surface area (Å²) in [5.41, 5.74) is 2.95. The molecule has 23 heavy (non-hydrogen) atoms. The standard InChI is InChI=1S/C18H17Cl2NO2/c1-23-12-15-4-2-14(3-5-15)11-21-18(22)9-7-13-6-8-16(19)17(20)10-13/h2-10H,11-12H2,1H3,(H,21,22)/b9-7+. The van der Waals surface area contributed by atoms with E-state index < -0.39 is 0 Å². The Hall–Kier alpha value is -1.81. The Kier molecular flexibility index (Phi) is 6.66. The van der Waals surface area contributed by atoms with Crippen LogP contribution in [0.1, 0.15) is 16.7 Å². The topological polar surface area (TPSA) is 38.3 Å². The van der Waals surface area contributed by atoms with Gasteiger partial charge in [0.1, 0.15) is 0 Å². The number of ether oxygens (including phenoxy) is 1. The highest BCUT2D eigenvalue weighted by Crippen LogP contribution is 2.23. The lowest BCUT2D eigenvalue weighted by molar-refractivity contribution is -0.116. The molecule has 0 aliphatic carbocycles. The summed E-state index contributed by atoms with van der Waals surface area (Å²) in [6.07, 6.45) is 3.16. The predicted octanol–water partition coefficient (Wildman–Crippen LogP) is 4.47. The van der Waals surface area contributed by atoms with Gasteiger partial charge in [0.25, 0.3) is 0 Å². The Bertz CT molecular complexity index is 697. The van der Waals surface area contributed by atoms with Crippen LogP contribution in [-0.2, 0) is 22.7 Å². The summed E-state index contributed by atoms with van der Waals surface area (Å²) in [6, 6.07) is 13.1. The van der Waals surface area contributed by atoms with E-state index in [0.29, 0.717) is 23.2 Å². The molecular weight excluding hydrogens is 333 g/mol. The molecule has 0 atom stereocenters. The molecular formula is C18H17Cl2NO2. The maximum absolute atomic E-state index is 11.8. The average Bonchev–Trinajstić information content (AvgIpc) is 2.55. The van der Waals surface area contributed by atoms with Crippen LogP contribution in [0.25, 0.3) is 6.08 Å². The molecule has 0 heterocycles. The maximum atomic E-state index is 11.8. The lowest BCUT2D eigenvalue weighted by atomic mass is 10.1. The van der Waals surface area contributed by atoms with E-state index in [1.807, 2.05) is 24.3 Å². The number of hydrogen-bond donors (Lipinski definition) is 1. The van der Waals surface area contributed by atoms with Gasteiger partial charge in [-0.05, 0) is 34.9 Å². The number of amides is 1. The summed E-state index contributed by atoms with van der Waals surface area (Å²) < 4.78 is 5.06. The van der Waals surface area contributed by atoms with Gasteiger partial charge in [-0.15, -0.1) is 0 Å². The van der Waals surface area contributed by atoms with Gasteiger partial charge in [-0.25, -0.2) is 0 Å². The number of halogens is 2. The first kappa shape index (κ1) is 17.5. The van der Waals surface area contributed by atoms with Crippen molar-refractivity contribution in [1.82, 2.24) is 5.32 Å². The molecule has 0 aliphatic rings. The zero-order valence-electron chi connectivity index (χ0n) is 12.7. The van der Waals surface area contributed by atoms with E-state index in [-0.39, 0.29) is 5.91 Å². The lowest BCUT2D eigenvalue weighted by Crippen LogP contribution is -2.20. The summed E-state index contributed by atoms with van der Waals surface area (Å²) in [5.74, 6) is -0.169. The summed E-state index contributed by atoms with van der Waals surface area (Å²) in [5, 5.41) is 3.78. The van der Waals surface area contributed by atoms with Crippen LogP contribution in [0.4, 0.5) is 0 Å². The van der Waals surface area contributed by atoms with Gasteiger partial charge in [0.2, 0.25) is 5.91 Å². The molecule has 1 amide bonds. The fraction of sp³-hybridized carbons (Fsp3) is 0.167. The molecule has 2 aromatic rings. The monoisotopic (exact) mass is 349 g/mol. The van der Waals surface area contributed by atoms with Crippen LogP contribution in [0.5, 0.6) is 0 Å². The van der Waals surface area contributed by atoms with Crippen molar-refractivity contribution in [3.05, 3.63) is 75.3 Å². The number of methoxy groups -OCH3 is 1. The van der Waals surface area contributed by atoms with Gasteiger partial charge in [-0.1, -0.05) is 53.5 Å². The maximum Gasteiger partial charge on any atom is 0.244 e. The third kappa shape index (κ3) is 5.71. The molecule has 0 radical (unpaired) electrons. The first-order valence-corrected chi connectivity index (χ1v) is 7.82. The van der Waals surface area contributed by atoms with Gasteiger partial charge in [0, 0.05) is 19.7 Å². The second kappa shape index (κ2) is 8.73. The van der Waals surface area contributed by atoms with Crippen LogP contribution in [0.3, 0.4) is 0 Å². The van der Waals surface area contributed by atoms with Crippen molar-refractivity contribution < 1.29 is 9.53 Å². The zero-order chi connectivity index (χ0) is 16.7. The molecule has 2 rings (SSSR count). The number of nitrogens with one attached hydrogen (secondary N) is 1. The number of hydrogen-bond acceptors (Lipinski definition) is 2. The molecule has 0 spiro atoms. The van der Waals surface area contributed by atoms with Gasteiger partial charge >= 0.3 is 0 Å². The van der Waals surface area contributed by atoms with Crippen molar-refractivity contribution >= 4 is 35.2 Å². The minimum atomic E-state index is -0.169. The van der Waals surface area contributed by atoms with E-state index in [1.165, 1.54) is 6.08 Å². The third-order valence-corrected chi connectivity index (χ3v) is 3.91. The zero-order valence-corrected chi connectivity index (χ0v) is 14.2. The Morgan fingerprint density at radius 2 is 1.78 bits per heavy atom. The van der Waals surface area contributed by atoms with E-state index in [9.17, 15) is 4.79 Å². The Labute approximate surface area is 145 Å². The molecule has 0 saturated carbocycles. The van der Waals surface area contributed by atoms with Crippen LogP contribution in [0.2, 0.25) is 10.0 Å². The largest absolute Gasteiger partial charge is 0.380 e. The van der Waals surface area contributed by atoms with Crippen molar-refractivity contribution in [2.24, 2.45) is 0 Å². The molecule has 0 bridgehead atoms. The van der Waals surface area contributed by atoms with Crippen molar-refractivity contribution in [1.29, 1.82) is 0 Å². The first-order valence-electron chi connectivity index (χ1n) is 7.06. The van der Waals surface area contributed by atoms with Crippen LogP contribution in [0, 0.1) is 0 Å². The van der Waals surface area contributed by atoms with Crippen molar-refractivity contribution in [3.63, 3.8) is 0 Å². The summed E-state index contributed by atoms with van der Waals surface area (Å²) in [7, 11) is 1.66. The Morgan fingerprint density at radius 3 is 2.43 bits per heavy atom. The minimum Gasteiger partial charge on any atom is -0.380 e. The van der Waals surface area contributed by atoms with Crippen molar-refractivity contribution in [2.75, 3.05) is 7.11 Å². The second-order valence-corrected chi connectivity index (χ2v) is 5.79. The predicted molar refractivity (Wildman–Crippen MR) is 94.5 cm³/mol. The van der Waals surface area contributed by atoms with Crippen LogP contribution in [0.15, 0.2) is 48.5 Å². The normalized spacial score (nSPS) is 10.9. The molecule has 5 heteroatoms. The fourth-order valence-electron chi connectivity index (χ4n) is 1.96. The summed E-state index contributed by atoms with van der Waals surface area (Å²) in [4.78, 5) is 11.8. The van der Waals surface area contributed by atoms with E-state index in [2.05, 4.69) is 5.32 Å². The highest BCUT2D eigenvalue weighted by Gasteiger charge is 2.00. The number of carbonyl (C=O) groups is 1. The van der Waals surface area contributed by atoms with E-state index >= 15 is 0 Å². The quantitative estimate of drug-likeness (QED) is 0.781. The minimum absolute atomic E-state index is 0.169. The van der Waals surface area contributed by atoms with Crippen LogP contribution >= 0.6 is 23.2 Å². The summed E-state index contributed by atoms with van der Waals surface area (Å²) in [6.45, 7) is 1.05. The van der Waals surface area contributed by atoms with Crippen molar-refractivity contribution in [2.45, 2.75) is 13.2 Å². The molecule has 2 aromatic carbocycles. The smallest absolute Gasteiger partial charge is 0.244 e. The molecule has 0 unspecified atom stereocenters.